The number of amides is 1. The number of hydrogen-bond acceptors (Lipinski definition) is 3. The summed E-state index contributed by atoms with van der Waals surface area (Å²) in [5.74, 6) is 0.306. The van der Waals surface area contributed by atoms with Gasteiger partial charge in [0.05, 0.1) is 5.69 Å². The Hall–Kier alpha value is -2.30. The minimum absolute atomic E-state index is 0.148. The number of hydrogen-bond donors (Lipinski definition) is 2. The highest BCUT2D eigenvalue weighted by atomic mass is 16.3. The van der Waals surface area contributed by atoms with E-state index in [1.165, 1.54) is 0 Å². The third kappa shape index (κ3) is 1.95. The predicted octanol–water partition coefficient (Wildman–Crippen LogP) is 2.58. The van der Waals surface area contributed by atoms with Crippen molar-refractivity contribution in [3.05, 3.63) is 41.2 Å². The molecule has 0 spiro atoms. The first-order chi connectivity index (χ1) is 9.58. The van der Waals surface area contributed by atoms with Crippen molar-refractivity contribution in [1.82, 2.24) is 10.2 Å². The van der Waals surface area contributed by atoms with E-state index < -0.39 is 0 Å². The molecule has 1 amide bonds. The van der Waals surface area contributed by atoms with Gasteiger partial charge in [0.15, 0.2) is 5.69 Å². The molecular weight excluding hydrogens is 254 g/mol. The molecule has 0 saturated carbocycles. The van der Waals surface area contributed by atoms with Gasteiger partial charge in [0.2, 0.25) is 0 Å². The number of aryl methyl sites for hydroxylation is 1. The molecule has 5 heteroatoms. The highest BCUT2D eigenvalue weighted by Gasteiger charge is 2.30. The second-order valence-corrected chi connectivity index (χ2v) is 5.30. The molecule has 1 aromatic carbocycles. The first kappa shape index (κ1) is 12.7. The van der Waals surface area contributed by atoms with Gasteiger partial charge in [-0.2, -0.15) is 5.10 Å². The predicted molar refractivity (Wildman–Crippen MR) is 76.1 cm³/mol. The maximum absolute atomic E-state index is 12.6. The van der Waals surface area contributed by atoms with Crippen molar-refractivity contribution in [1.29, 1.82) is 0 Å². The van der Waals surface area contributed by atoms with Crippen LogP contribution in [0.5, 0.6) is 5.75 Å². The van der Waals surface area contributed by atoms with Crippen LogP contribution in [-0.2, 0) is 0 Å². The Morgan fingerprint density at radius 3 is 3.00 bits per heavy atom. The first-order valence-electron chi connectivity index (χ1n) is 6.73. The summed E-state index contributed by atoms with van der Waals surface area (Å²) in [5, 5.41) is 16.9. The Bertz CT molecular complexity index is 663. The molecule has 3 rings (SSSR count). The van der Waals surface area contributed by atoms with Gasteiger partial charge in [0.1, 0.15) is 5.75 Å². The molecule has 0 aliphatic carbocycles. The van der Waals surface area contributed by atoms with E-state index in [1.54, 1.807) is 17.0 Å². The summed E-state index contributed by atoms with van der Waals surface area (Å²) >= 11 is 0. The number of carbonyl (C=O) groups excluding carboxylic acids is 1. The van der Waals surface area contributed by atoms with Crippen LogP contribution in [0.2, 0.25) is 0 Å². The molecule has 0 radical (unpaired) electrons. The van der Waals surface area contributed by atoms with Gasteiger partial charge >= 0.3 is 0 Å². The number of phenols is 1. The summed E-state index contributed by atoms with van der Waals surface area (Å²) < 4.78 is 0. The van der Waals surface area contributed by atoms with E-state index in [0.29, 0.717) is 23.8 Å². The quantitative estimate of drug-likeness (QED) is 0.837. The van der Waals surface area contributed by atoms with Gasteiger partial charge in [-0.3, -0.25) is 9.89 Å². The molecule has 2 N–H and O–H groups in total. The zero-order valence-electron chi connectivity index (χ0n) is 11.6. The molecule has 2 heterocycles. The SMILES string of the molecule is Cc1cc(C(=O)N2CC[C@H](C)c3cccc(O)c32)n[nH]1. The summed E-state index contributed by atoms with van der Waals surface area (Å²) in [7, 11) is 0. The summed E-state index contributed by atoms with van der Waals surface area (Å²) in [4.78, 5) is 14.2. The number of rotatable bonds is 1. The molecule has 1 aromatic heterocycles. The summed E-state index contributed by atoms with van der Waals surface area (Å²) in [6.45, 7) is 4.56. The van der Waals surface area contributed by atoms with Crippen molar-refractivity contribution >= 4 is 11.6 Å². The fraction of sp³-hybridized carbons (Fsp3) is 0.333. The molecule has 1 aliphatic heterocycles. The minimum Gasteiger partial charge on any atom is -0.506 e. The zero-order chi connectivity index (χ0) is 14.3. The van der Waals surface area contributed by atoms with E-state index in [2.05, 4.69) is 17.1 Å². The molecule has 1 aliphatic rings. The topological polar surface area (TPSA) is 69.2 Å². The van der Waals surface area contributed by atoms with Crippen LogP contribution >= 0.6 is 0 Å². The maximum Gasteiger partial charge on any atom is 0.278 e. The number of aromatic amines is 1. The van der Waals surface area contributed by atoms with Gasteiger partial charge in [-0.1, -0.05) is 19.1 Å². The number of aromatic hydroxyl groups is 1. The highest BCUT2D eigenvalue weighted by molar-refractivity contribution is 6.06. The summed E-state index contributed by atoms with van der Waals surface area (Å²) in [5.41, 5.74) is 2.86. The van der Waals surface area contributed by atoms with E-state index in [0.717, 1.165) is 17.7 Å². The molecule has 104 valence electrons. The van der Waals surface area contributed by atoms with Gasteiger partial charge in [-0.15, -0.1) is 0 Å². The lowest BCUT2D eigenvalue weighted by molar-refractivity contribution is 0.0978. The fourth-order valence-electron chi connectivity index (χ4n) is 2.70. The molecule has 2 aromatic rings. The number of benzene rings is 1. The van der Waals surface area contributed by atoms with Crippen molar-refractivity contribution in [3.8, 4) is 5.75 Å². The van der Waals surface area contributed by atoms with Crippen molar-refractivity contribution < 1.29 is 9.90 Å². The second-order valence-electron chi connectivity index (χ2n) is 5.30. The summed E-state index contributed by atoms with van der Waals surface area (Å²) in [6, 6.07) is 7.12. The molecule has 5 nitrogen and oxygen atoms in total. The van der Waals surface area contributed by atoms with E-state index in [1.807, 2.05) is 19.1 Å². The molecule has 0 bridgehead atoms. The van der Waals surface area contributed by atoms with Crippen molar-refractivity contribution in [2.45, 2.75) is 26.2 Å². The van der Waals surface area contributed by atoms with Crippen molar-refractivity contribution in [3.63, 3.8) is 0 Å². The Labute approximate surface area is 117 Å². The van der Waals surface area contributed by atoms with E-state index in [-0.39, 0.29) is 11.7 Å². The van der Waals surface area contributed by atoms with Crippen molar-refractivity contribution in [2.24, 2.45) is 0 Å². The number of nitrogens with one attached hydrogen (secondary N) is 1. The third-order valence-corrected chi connectivity index (χ3v) is 3.80. The number of aromatic nitrogens is 2. The number of carbonyl (C=O) groups is 1. The number of anilines is 1. The van der Waals surface area contributed by atoms with Crippen molar-refractivity contribution in [2.75, 3.05) is 11.4 Å². The fourth-order valence-corrected chi connectivity index (χ4v) is 2.70. The van der Waals surface area contributed by atoms with Crippen LogP contribution in [0.25, 0.3) is 0 Å². The zero-order valence-corrected chi connectivity index (χ0v) is 11.6. The van der Waals surface area contributed by atoms with Crippen LogP contribution in [0.4, 0.5) is 5.69 Å². The Morgan fingerprint density at radius 2 is 2.30 bits per heavy atom. The number of para-hydroxylation sites is 1. The Morgan fingerprint density at radius 1 is 1.50 bits per heavy atom. The number of fused-ring (bicyclic) bond motifs is 1. The Balaban J connectivity index is 2.04. The average Bonchev–Trinajstić information content (AvgIpc) is 2.86. The van der Waals surface area contributed by atoms with E-state index in [9.17, 15) is 9.90 Å². The maximum atomic E-state index is 12.6. The number of H-pyrrole nitrogens is 1. The third-order valence-electron chi connectivity index (χ3n) is 3.80. The van der Waals surface area contributed by atoms with Crippen LogP contribution in [-0.4, -0.2) is 27.8 Å². The van der Waals surface area contributed by atoms with Gasteiger partial charge in [-0.25, -0.2) is 0 Å². The molecule has 0 saturated heterocycles. The molecule has 0 unspecified atom stereocenters. The first-order valence-corrected chi connectivity index (χ1v) is 6.73. The van der Waals surface area contributed by atoms with Crippen LogP contribution < -0.4 is 4.90 Å². The van der Waals surface area contributed by atoms with E-state index in [4.69, 9.17) is 0 Å². The number of phenolic OH excluding ortho intramolecular Hbond substituents is 1. The summed E-state index contributed by atoms with van der Waals surface area (Å²) in [6.07, 6.45) is 0.881. The van der Waals surface area contributed by atoms with Crippen LogP contribution in [0.15, 0.2) is 24.3 Å². The van der Waals surface area contributed by atoms with Gasteiger partial charge in [0, 0.05) is 12.2 Å². The van der Waals surface area contributed by atoms with Gasteiger partial charge in [-0.05, 0) is 37.0 Å². The van der Waals surface area contributed by atoms with E-state index >= 15 is 0 Å². The second kappa shape index (κ2) is 4.67. The standard InChI is InChI=1S/C15H17N3O2/c1-9-6-7-18(14-11(9)4-3-5-13(14)19)15(20)12-8-10(2)16-17-12/h3-5,8-9,19H,6-7H2,1-2H3,(H,16,17)/t9-/m0/s1. The molecule has 0 fully saturated rings. The molecule has 20 heavy (non-hydrogen) atoms. The molecule has 1 atom stereocenters. The lowest BCUT2D eigenvalue weighted by atomic mass is 9.91. The monoisotopic (exact) mass is 271 g/mol. The lowest BCUT2D eigenvalue weighted by Gasteiger charge is -2.32. The van der Waals surface area contributed by atoms with Crippen LogP contribution in [0.1, 0.15) is 41.0 Å². The minimum atomic E-state index is -0.177. The smallest absolute Gasteiger partial charge is 0.278 e. The van der Waals surface area contributed by atoms with Crippen LogP contribution in [0.3, 0.4) is 0 Å². The normalized spacial score (nSPS) is 17.9. The average molecular weight is 271 g/mol. The van der Waals surface area contributed by atoms with Gasteiger partial charge in [0.25, 0.3) is 5.91 Å². The largest absolute Gasteiger partial charge is 0.506 e. The Kier molecular flexibility index (Phi) is 2.97. The highest BCUT2D eigenvalue weighted by Crippen LogP contribution is 2.41. The number of nitrogens with zero attached hydrogens (tertiary/aromatic N) is 2. The van der Waals surface area contributed by atoms with Gasteiger partial charge < -0.3 is 10.0 Å². The molecular formula is C15H17N3O2. The van der Waals surface area contributed by atoms with Crippen LogP contribution in [0, 0.1) is 6.92 Å². The lowest BCUT2D eigenvalue weighted by Crippen LogP contribution is -2.36.